The van der Waals surface area contributed by atoms with Crippen LogP contribution in [0, 0.1) is 20.8 Å². The highest BCUT2D eigenvalue weighted by molar-refractivity contribution is 5.81. The van der Waals surface area contributed by atoms with Crippen LogP contribution in [0.25, 0.3) is 11.0 Å². The second kappa shape index (κ2) is 8.98. The van der Waals surface area contributed by atoms with Crippen LogP contribution < -0.4 is 20.3 Å². The van der Waals surface area contributed by atoms with Crippen molar-refractivity contribution in [3.63, 3.8) is 0 Å². The van der Waals surface area contributed by atoms with Gasteiger partial charge in [0.2, 0.25) is 5.91 Å². The maximum atomic E-state index is 12.6. The summed E-state index contributed by atoms with van der Waals surface area (Å²) in [5.74, 6) is 1.19. The maximum absolute atomic E-state index is 12.6. The van der Waals surface area contributed by atoms with Crippen molar-refractivity contribution in [1.29, 1.82) is 0 Å². The second-order valence-electron chi connectivity index (χ2n) is 7.29. The Morgan fingerprint density at radius 1 is 1.07 bits per heavy atom. The van der Waals surface area contributed by atoms with Crippen LogP contribution in [0.3, 0.4) is 0 Å². The van der Waals surface area contributed by atoms with Crippen molar-refractivity contribution >= 4 is 16.9 Å². The predicted octanol–water partition coefficient (Wildman–Crippen LogP) is 2.70. The van der Waals surface area contributed by atoms with E-state index >= 15 is 0 Å². The molecule has 7 nitrogen and oxygen atoms in total. The number of ether oxygens (including phenoxy) is 2. The molecule has 0 atom stereocenters. The van der Waals surface area contributed by atoms with E-state index in [2.05, 4.69) is 10.3 Å². The third-order valence-corrected chi connectivity index (χ3v) is 5.24. The largest absolute Gasteiger partial charge is 0.497 e. The Labute approximate surface area is 175 Å². The molecule has 0 saturated heterocycles. The van der Waals surface area contributed by atoms with Gasteiger partial charge in [0.05, 0.1) is 25.3 Å². The molecular weight excluding hydrogens is 382 g/mol. The Morgan fingerprint density at radius 2 is 1.80 bits per heavy atom. The molecule has 2 aromatic carbocycles. The molecule has 0 aliphatic carbocycles. The van der Waals surface area contributed by atoms with Gasteiger partial charge in [0, 0.05) is 12.6 Å². The van der Waals surface area contributed by atoms with Crippen molar-refractivity contribution in [3.8, 4) is 11.5 Å². The number of aromatic nitrogens is 2. The zero-order chi connectivity index (χ0) is 21.8. The molecule has 1 aromatic heterocycles. The van der Waals surface area contributed by atoms with Crippen molar-refractivity contribution in [2.75, 3.05) is 20.8 Å². The number of nitrogens with one attached hydrogen (secondary N) is 1. The molecule has 3 rings (SSSR count). The normalized spacial score (nSPS) is 10.8. The minimum atomic E-state index is -0.252. The lowest BCUT2D eigenvalue weighted by Crippen LogP contribution is -2.34. The first-order valence-corrected chi connectivity index (χ1v) is 9.80. The molecule has 0 aliphatic rings. The fourth-order valence-corrected chi connectivity index (χ4v) is 3.38. The molecule has 0 spiro atoms. The molecule has 0 saturated carbocycles. The fraction of sp³-hybridized carbons (Fsp3) is 0.348. The van der Waals surface area contributed by atoms with E-state index in [-0.39, 0.29) is 18.0 Å². The van der Waals surface area contributed by atoms with Gasteiger partial charge in [0.15, 0.2) is 0 Å². The molecule has 158 valence electrons. The van der Waals surface area contributed by atoms with Crippen LogP contribution in [0.1, 0.15) is 22.4 Å². The lowest BCUT2D eigenvalue weighted by molar-refractivity contribution is -0.121. The zero-order valence-electron chi connectivity index (χ0n) is 18.0. The molecule has 0 fully saturated rings. The summed E-state index contributed by atoms with van der Waals surface area (Å²) >= 11 is 0. The van der Waals surface area contributed by atoms with Gasteiger partial charge in [0.25, 0.3) is 5.56 Å². The molecule has 1 N–H and O–H groups in total. The van der Waals surface area contributed by atoms with Gasteiger partial charge in [-0.05, 0) is 62.1 Å². The zero-order valence-corrected chi connectivity index (χ0v) is 18.0. The molecule has 0 radical (unpaired) electrons. The van der Waals surface area contributed by atoms with Crippen molar-refractivity contribution in [3.05, 3.63) is 63.1 Å². The summed E-state index contributed by atoms with van der Waals surface area (Å²) in [4.78, 5) is 29.6. The van der Waals surface area contributed by atoms with Crippen molar-refractivity contribution in [2.45, 2.75) is 33.7 Å². The molecule has 0 unspecified atom stereocenters. The molecule has 3 aromatic rings. The fourth-order valence-electron chi connectivity index (χ4n) is 3.38. The number of carbonyl (C=O) groups excluding carboxylic acids is 1. The van der Waals surface area contributed by atoms with E-state index < -0.39 is 0 Å². The number of rotatable bonds is 7. The van der Waals surface area contributed by atoms with Gasteiger partial charge in [-0.25, -0.2) is 4.98 Å². The summed E-state index contributed by atoms with van der Waals surface area (Å²) in [6.07, 6.45) is 0.599. The average molecular weight is 409 g/mol. The summed E-state index contributed by atoms with van der Waals surface area (Å²) in [5.41, 5.74) is 4.61. The van der Waals surface area contributed by atoms with E-state index in [1.165, 1.54) is 4.57 Å². The van der Waals surface area contributed by atoms with Gasteiger partial charge >= 0.3 is 0 Å². The van der Waals surface area contributed by atoms with Gasteiger partial charge in [-0.15, -0.1) is 0 Å². The molecule has 30 heavy (non-hydrogen) atoms. The Hall–Kier alpha value is -3.35. The van der Waals surface area contributed by atoms with Crippen LogP contribution in [0.5, 0.6) is 11.5 Å². The maximum Gasteiger partial charge on any atom is 0.272 e. The third kappa shape index (κ3) is 4.45. The van der Waals surface area contributed by atoms with Gasteiger partial charge in [-0.1, -0.05) is 6.07 Å². The van der Waals surface area contributed by atoms with E-state index in [4.69, 9.17) is 9.47 Å². The lowest BCUT2D eigenvalue weighted by atomic mass is 10.1. The summed E-state index contributed by atoms with van der Waals surface area (Å²) in [6, 6.07) is 9.44. The van der Waals surface area contributed by atoms with E-state index in [1.54, 1.807) is 21.1 Å². The Morgan fingerprint density at radius 3 is 2.50 bits per heavy atom. The van der Waals surface area contributed by atoms with E-state index in [0.717, 1.165) is 16.7 Å². The number of aryl methyl sites for hydroxylation is 3. The van der Waals surface area contributed by atoms with Gasteiger partial charge in [-0.2, -0.15) is 0 Å². The number of nitrogens with zero attached hydrogens (tertiary/aromatic N) is 2. The smallest absolute Gasteiger partial charge is 0.272 e. The highest BCUT2D eigenvalue weighted by Gasteiger charge is 2.13. The standard InChI is InChI=1S/C23H27N3O4/c1-14-10-19-20(11-15(14)2)26(23(28)16(3)25-19)13-22(27)24-9-8-17-6-7-18(29-4)12-21(17)30-5/h6-7,10-12H,8-9,13H2,1-5H3,(H,24,27). The Bertz CT molecular complexity index is 1150. The van der Waals surface area contributed by atoms with E-state index in [1.807, 2.05) is 44.2 Å². The number of methoxy groups -OCH3 is 2. The van der Waals surface area contributed by atoms with Gasteiger partial charge in [-0.3, -0.25) is 14.2 Å². The molecule has 0 bridgehead atoms. The molecule has 1 heterocycles. The van der Waals surface area contributed by atoms with Crippen molar-refractivity contribution in [2.24, 2.45) is 0 Å². The Kier molecular flexibility index (Phi) is 6.40. The highest BCUT2D eigenvalue weighted by atomic mass is 16.5. The van der Waals surface area contributed by atoms with Crippen LogP contribution in [0.15, 0.2) is 35.1 Å². The molecular formula is C23H27N3O4. The number of hydrogen-bond donors (Lipinski definition) is 1. The van der Waals surface area contributed by atoms with E-state index in [0.29, 0.717) is 41.2 Å². The average Bonchev–Trinajstić information content (AvgIpc) is 2.73. The van der Waals surface area contributed by atoms with E-state index in [9.17, 15) is 9.59 Å². The first kappa shape index (κ1) is 21.4. The SMILES string of the molecule is COc1ccc(CCNC(=O)Cn2c(=O)c(C)nc3cc(C)c(C)cc32)c(OC)c1. The van der Waals surface area contributed by atoms with Crippen molar-refractivity contribution in [1.82, 2.24) is 14.9 Å². The first-order valence-electron chi connectivity index (χ1n) is 9.80. The predicted molar refractivity (Wildman–Crippen MR) is 116 cm³/mol. The number of benzene rings is 2. The highest BCUT2D eigenvalue weighted by Crippen LogP contribution is 2.24. The van der Waals surface area contributed by atoms with Crippen LogP contribution in [0.4, 0.5) is 0 Å². The van der Waals surface area contributed by atoms with Gasteiger partial charge in [0.1, 0.15) is 23.7 Å². The second-order valence-corrected chi connectivity index (χ2v) is 7.29. The number of amides is 1. The number of hydrogen-bond acceptors (Lipinski definition) is 5. The van der Waals surface area contributed by atoms with Crippen LogP contribution in [0.2, 0.25) is 0 Å². The Balaban J connectivity index is 1.74. The van der Waals surface area contributed by atoms with Crippen LogP contribution in [-0.4, -0.2) is 36.2 Å². The van der Waals surface area contributed by atoms with Crippen molar-refractivity contribution < 1.29 is 14.3 Å². The molecule has 0 aliphatic heterocycles. The lowest BCUT2D eigenvalue weighted by Gasteiger charge is -2.14. The first-order chi connectivity index (χ1) is 14.3. The quantitative estimate of drug-likeness (QED) is 0.649. The number of carbonyl (C=O) groups is 1. The summed E-state index contributed by atoms with van der Waals surface area (Å²) in [5, 5.41) is 2.89. The third-order valence-electron chi connectivity index (χ3n) is 5.24. The number of fused-ring (bicyclic) bond motifs is 1. The minimum absolute atomic E-state index is 0.0546. The summed E-state index contributed by atoms with van der Waals surface area (Å²) < 4.78 is 12.1. The monoisotopic (exact) mass is 409 g/mol. The van der Waals surface area contributed by atoms with Crippen LogP contribution in [-0.2, 0) is 17.8 Å². The van der Waals surface area contributed by atoms with Gasteiger partial charge < -0.3 is 14.8 Å². The molecule has 1 amide bonds. The minimum Gasteiger partial charge on any atom is -0.497 e. The summed E-state index contributed by atoms with van der Waals surface area (Å²) in [6.45, 7) is 6.02. The van der Waals surface area contributed by atoms with Crippen LogP contribution >= 0.6 is 0 Å². The topological polar surface area (TPSA) is 82.5 Å². The molecule has 7 heteroatoms. The summed E-state index contributed by atoms with van der Waals surface area (Å²) in [7, 11) is 3.20.